The molecule has 0 saturated heterocycles. The zero-order chi connectivity index (χ0) is 16.4. The molecule has 0 aromatic heterocycles. The van der Waals surface area contributed by atoms with Crippen LogP contribution in [0.2, 0.25) is 0 Å². The summed E-state index contributed by atoms with van der Waals surface area (Å²) in [6, 6.07) is 10.8. The van der Waals surface area contributed by atoms with E-state index in [-0.39, 0.29) is 10.6 Å². The van der Waals surface area contributed by atoms with E-state index in [0.29, 0.717) is 23.7 Å². The highest BCUT2D eigenvalue weighted by Crippen LogP contribution is 2.36. The van der Waals surface area contributed by atoms with E-state index in [2.05, 4.69) is 0 Å². The van der Waals surface area contributed by atoms with Crippen LogP contribution in [0.5, 0.6) is 11.5 Å². The minimum Gasteiger partial charge on any atom is -0.493 e. The first-order valence-corrected chi connectivity index (χ1v) is 7.36. The van der Waals surface area contributed by atoms with Crippen LogP contribution in [0, 0.1) is 10.1 Å². The van der Waals surface area contributed by atoms with Crippen LogP contribution in [-0.2, 0) is 13.0 Å². The highest BCUT2D eigenvalue weighted by atomic mass is 16.6. The lowest BCUT2D eigenvalue weighted by Gasteiger charge is -2.31. The summed E-state index contributed by atoms with van der Waals surface area (Å²) in [4.78, 5) is 12.9. The van der Waals surface area contributed by atoms with Crippen molar-refractivity contribution in [1.29, 1.82) is 0 Å². The number of para-hydroxylation sites is 2. The summed E-state index contributed by atoms with van der Waals surface area (Å²) in [6.45, 7) is 1.34. The predicted octanol–water partition coefficient (Wildman–Crippen LogP) is 3.17. The van der Waals surface area contributed by atoms with Gasteiger partial charge >= 0.3 is 0 Å². The van der Waals surface area contributed by atoms with E-state index in [1.165, 1.54) is 5.56 Å². The van der Waals surface area contributed by atoms with Gasteiger partial charge < -0.3 is 14.4 Å². The molecule has 0 unspecified atom stereocenters. The van der Waals surface area contributed by atoms with Crippen molar-refractivity contribution in [2.45, 2.75) is 13.0 Å². The molecule has 2 aromatic rings. The topological polar surface area (TPSA) is 64.8 Å². The van der Waals surface area contributed by atoms with Gasteiger partial charge in [-0.2, -0.15) is 0 Å². The number of nitrogens with zero attached hydrogens (tertiary/aromatic N) is 2. The lowest BCUT2D eigenvalue weighted by atomic mass is 9.98. The molecule has 0 aliphatic carbocycles. The van der Waals surface area contributed by atoms with Gasteiger partial charge in [0.15, 0.2) is 11.5 Å². The van der Waals surface area contributed by atoms with E-state index in [1.807, 2.05) is 23.1 Å². The number of hydrogen-bond acceptors (Lipinski definition) is 5. The van der Waals surface area contributed by atoms with Crippen molar-refractivity contribution in [3.63, 3.8) is 0 Å². The average Bonchev–Trinajstić information content (AvgIpc) is 2.59. The third-order valence-electron chi connectivity index (χ3n) is 4.14. The smallest absolute Gasteiger partial charge is 0.292 e. The lowest BCUT2D eigenvalue weighted by Crippen LogP contribution is -2.30. The van der Waals surface area contributed by atoms with E-state index in [9.17, 15) is 10.1 Å². The molecular weight excluding hydrogens is 296 g/mol. The van der Waals surface area contributed by atoms with Gasteiger partial charge in [-0.15, -0.1) is 0 Å². The first-order valence-electron chi connectivity index (χ1n) is 7.36. The SMILES string of the molecule is COc1cc2c(cc1OC)CN(c1ccccc1[N+](=O)[O-])CC2. The summed E-state index contributed by atoms with van der Waals surface area (Å²) >= 11 is 0. The van der Waals surface area contributed by atoms with E-state index in [0.717, 1.165) is 18.5 Å². The fourth-order valence-electron chi connectivity index (χ4n) is 2.97. The number of benzene rings is 2. The summed E-state index contributed by atoms with van der Waals surface area (Å²) in [7, 11) is 3.22. The highest BCUT2D eigenvalue weighted by molar-refractivity contribution is 5.64. The van der Waals surface area contributed by atoms with Gasteiger partial charge in [-0.3, -0.25) is 10.1 Å². The first kappa shape index (κ1) is 15.1. The number of fused-ring (bicyclic) bond motifs is 1. The molecule has 6 nitrogen and oxygen atoms in total. The molecule has 0 spiro atoms. The Morgan fingerprint density at radius 1 is 1.09 bits per heavy atom. The summed E-state index contributed by atoms with van der Waals surface area (Å²) in [5.74, 6) is 1.39. The minimum atomic E-state index is -0.334. The van der Waals surface area contributed by atoms with Gasteiger partial charge in [0.25, 0.3) is 5.69 Å². The number of hydrogen-bond donors (Lipinski definition) is 0. The van der Waals surface area contributed by atoms with E-state index in [1.54, 1.807) is 32.4 Å². The maximum atomic E-state index is 11.2. The molecule has 2 aromatic carbocycles. The van der Waals surface area contributed by atoms with Crippen LogP contribution in [0.15, 0.2) is 36.4 Å². The Balaban J connectivity index is 1.96. The first-order chi connectivity index (χ1) is 11.1. The number of nitro benzene ring substituents is 1. The lowest BCUT2D eigenvalue weighted by molar-refractivity contribution is -0.384. The van der Waals surface area contributed by atoms with Crippen LogP contribution < -0.4 is 14.4 Å². The second-order valence-electron chi connectivity index (χ2n) is 5.39. The molecule has 0 amide bonds. The third kappa shape index (κ3) is 2.79. The number of anilines is 1. The van der Waals surface area contributed by atoms with E-state index >= 15 is 0 Å². The van der Waals surface area contributed by atoms with Crippen molar-refractivity contribution in [1.82, 2.24) is 0 Å². The van der Waals surface area contributed by atoms with Gasteiger partial charge in [0.1, 0.15) is 5.69 Å². The molecule has 23 heavy (non-hydrogen) atoms. The Bertz CT molecular complexity index is 745. The standard InChI is InChI=1S/C17H18N2O4/c1-22-16-9-12-7-8-18(11-13(12)10-17(16)23-2)14-5-3-4-6-15(14)19(20)21/h3-6,9-10H,7-8,11H2,1-2H3. The van der Waals surface area contributed by atoms with Crippen LogP contribution in [-0.4, -0.2) is 25.7 Å². The second kappa shape index (κ2) is 6.16. The molecule has 0 radical (unpaired) electrons. The molecule has 0 bridgehead atoms. The minimum absolute atomic E-state index is 0.136. The number of ether oxygens (including phenoxy) is 2. The molecular formula is C17H18N2O4. The Labute approximate surface area is 134 Å². The summed E-state index contributed by atoms with van der Waals surface area (Å²) < 4.78 is 10.7. The maximum absolute atomic E-state index is 11.2. The molecule has 1 aliphatic heterocycles. The molecule has 1 aliphatic rings. The van der Waals surface area contributed by atoms with E-state index < -0.39 is 0 Å². The normalized spacial score (nSPS) is 13.4. The van der Waals surface area contributed by atoms with Gasteiger partial charge in [0.2, 0.25) is 0 Å². The largest absolute Gasteiger partial charge is 0.493 e. The van der Waals surface area contributed by atoms with Crippen molar-refractivity contribution in [2.75, 3.05) is 25.7 Å². The summed E-state index contributed by atoms with van der Waals surface area (Å²) in [6.07, 6.45) is 0.807. The fraction of sp³-hybridized carbons (Fsp3) is 0.294. The van der Waals surface area contributed by atoms with Gasteiger partial charge in [0, 0.05) is 19.2 Å². The van der Waals surface area contributed by atoms with Crippen molar-refractivity contribution < 1.29 is 14.4 Å². The maximum Gasteiger partial charge on any atom is 0.292 e. The van der Waals surface area contributed by atoms with E-state index in [4.69, 9.17) is 9.47 Å². The summed E-state index contributed by atoms with van der Waals surface area (Å²) in [5, 5.41) is 11.2. The molecule has 0 atom stereocenters. The summed E-state index contributed by atoms with van der Waals surface area (Å²) in [5.41, 5.74) is 3.08. The Hall–Kier alpha value is -2.76. The van der Waals surface area contributed by atoms with Crippen molar-refractivity contribution in [3.8, 4) is 11.5 Å². The Kier molecular flexibility index (Phi) is 4.06. The van der Waals surface area contributed by atoms with Gasteiger partial charge in [-0.25, -0.2) is 0 Å². The molecule has 6 heteroatoms. The number of methoxy groups -OCH3 is 2. The Morgan fingerprint density at radius 3 is 2.39 bits per heavy atom. The third-order valence-corrected chi connectivity index (χ3v) is 4.14. The van der Waals surface area contributed by atoms with Crippen molar-refractivity contribution in [3.05, 3.63) is 57.6 Å². The van der Waals surface area contributed by atoms with Crippen LogP contribution >= 0.6 is 0 Å². The van der Waals surface area contributed by atoms with Crippen molar-refractivity contribution >= 4 is 11.4 Å². The van der Waals surface area contributed by atoms with Gasteiger partial charge in [0.05, 0.1) is 19.1 Å². The van der Waals surface area contributed by atoms with Crippen LogP contribution in [0.1, 0.15) is 11.1 Å². The zero-order valence-corrected chi connectivity index (χ0v) is 13.1. The molecule has 0 N–H and O–H groups in total. The predicted molar refractivity (Wildman–Crippen MR) is 87.4 cm³/mol. The molecule has 1 heterocycles. The van der Waals surface area contributed by atoms with Crippen LogP contribution in [0.4, 0.5) is 11.4 Å². The monoisotopic (exact) mass is 314 g/mol. The zero-order valence-electron chi connectivity index (χ0n) is 13.1. The quantitative estimate of drug-likeness (QED) is 0.640. The fourth-order valence-corrected chi connectivity index (χ4v) is 2.97. The van der Waals surface area contributed by atoms with Crippen LogP contribution in [0.25, 0.3) is 0 Å². The molecule has 3 rings (SSSR count). The average molecular weight is 314 g/mol. The number of rotatable bonds is 4. The molecule has 0 fully saturated rings. The van der Waals surface area contributed by atoms with Gasteiger partial charge in [-0.05, 0) is 35.7 Å². The molecule has 120 valence electrons. The van der Waals surface area contributed by atoms with Crippen LogP contribution in [0.3, 0.4) is 0 Å². The second-order valence-corrected chi connectivity index (χ2v) is 5.39. The highest BCUT2D eigenvalue weighted by Gasteiger charge is 2.24. The Morgan fingerprint density at radius 2 is 1.74 bits per heavy atom. The number of nitro groups is 1. The van der Waals surface area contributed by atoms with Crippen molar-refractivity contribution in [2.24, 2.45) is 0 Å². The van der Waals surface area contributed by atoms with Gasteiger partial charge in [-0.1, -0.05) is 12.1 Å². The molecule has 0 saturated carbocycles.